The molecule has 2 amide bonds. The number of likely N-dealkylation sites (tertiary alicyclic amines) is 1. The maximum atomic E-state index is 12.4. The molecule has 0 aromatic heterocycles. The zero-order valence-corrected chi connectivity index (χ0v) is 16.0. The first-order chi connectivity index (χ1) is 12.6. The van der Waals surface area contributed by atoms with Crippen molar-refractivity contribution in [2.45, 2.75) is 39.0 Å². The molecule has 1 heterocycles. The number of hydrogen-bond acceptors (Lipinski definition) is 4. The van der Waals surface area contributed by atoms with E-state index in [1.807, 2.05) is 30.0 Å². The summed E-state index contributed by atoms with van der Waals surface area (Å²) in [6.07, 6.45) is 3.86. The molecule has 1 N–H and O–H groups in total. The fraction of sp³-hybridized carbons (Fsp3) is 0.600. The number of nitrogens with zero attached hydrogens (tertiary/aromatic N) is 1. The predicted molar refractivity (Wildman–Crippen MR) is 100 cm³/mol. The highest BCUT2D eigenvalue weighted by Gasteiger charge is 2.27. The van der Waals surface area contributed by atoms with Crippen molar-refractivity contribution in [1.29, 1.82) is 0 Å². The molecule has 1 fully saturated rings. The second kappa shape index (κ2) is 10.0. The van der Waals surface area contributed by atoms with Crippen LogP contribution in [-0.4, -0.2) is 50.6 Å². The lowest BCUT2D eigenvalue weighted by Gasteiger charge is -2.32. The highest BCUT2D eigenvalue weighted by atomic mass is 16.5. The van der Waals surface area contributed by atoms with E-state index in [0.717, 1.165) is 37.8 Å². The summed E-state index contributed by atoms with van der Waals surface area (Å²) in [5, 5.41) is 3.01. The molecule has 0 aliphatic carbocycles. The van der Waals surface area contributed by atoms with Crippen LogP contribution in [0.15, 0.2) is 18.2 Å². The van der Waals surface area contributed by atoms with Crippen molar-refractivity contribution in [3.05, 3.63) is 23.8 Å². The molecule has 0 saturated carbocycles. The summed E-state index contributed by atoms with van der Waals surface area (Å²) in [6.45, 7) is 3.88. The molecule has 26 heavy (non-hydrogen) atoms. The van der Waals surface area contributed by atoms with Gasteiger partial charge in [0.25, 0.3) is 0 Å². The molecule has 6 heteroatoms. The van der Waals surface area contributed by atoms with Gasteiger partial charge in [0.2, 0.25) is 11.8 Å². The van der Waals surface area contributed by atoms with Crippen molar-refractivity contribution in [2.24, 2.45) is 5.92 Å². The molecule has 1 saturated heterocycles. The Morgan fingerprint density at radius 2 is 2.00 bits per heavy atom. The summed E-state index contributed by atoms with van der Waals surface area (Å²) in [5.74, 6) is 1.48. The number of methoxy groups -OCH3 is 2. The van der Waals surface area contributed by atoms with Crippen LogP contribution < -0.4 is 14.8 Å². The Labute approximate surface area is 155 Å². The summed E-state index contributed by atoms with van der Waals surface area (Å²) < 4.78 is 10.5. The van der Waals surface area contributed by atoms with Gasteiger partial charge in [-0.05, 0) is 43.4 Å². The van der Waals surface area contributed by atoms with Gasteiger partial charge in [0.15, 0.2) is 11.5 Å². The third-order valence-electron chi connectivity index (χ3n) is 4.77. The Bertz CT molecular complexity index is 618. The molecule has 1 aromatic rings. The van der Waals surface area contributed by atoms with Crippen molar-refractivity contribution in [3.63, 3.8) is 0 Å². The Kier molecular flexibility index (Phi) is 7.75. The van der Waals surface area contributed by atoms with Gasteiger partial charge in [-0.15, -0.1) is 0 Å². The number of nitrogens with one attached hydrogen (secondary N) is 1. The van der Waals surface area contributed by atoms with E-state index >= 15 is 0 Å². The van der Waals surface area contributed by atoms with Crippen LogP contribution in [0.2, 0.25) is 0 Å². The maximum Gasteiger partial charge on any atom is 0.224 e. The Morgan fingerprint density at radius 3 is 2.69 bits per heavy atom. The third-order valence-corrected chi connectivity index (χ3v) is 4.77. The van der Waals surface area contributed by atoms with Gasteiger partial charge in [0.05, 0.1) is 20.1 Å². The first kappa shape index (κ1) is 20.1. The van der Waals surface area contributed by atoms with Gasteiger partial charge in [-0.3, -0.25) is 9.59 Å². The van der Waals surface area contributed by atoms with Crippen LogP contribution in [-0.2, 0) is 16.0 Å². The van der Waals surface area contributed by atoms with Crippen molar-refractivity contribution < 1.29 is 19.1 Å². The van der Waals surface area contributed by atoms with E-state index in [9.17, 15) is 9.59 Å². The quantitative estimate of drug-likeness (QED) is 0.771. The SMILES string of the molecule is CCCC(=O)N1CCCC(C(=O)NCCc2ccc(OC)c(OC)c2)C1. The highest BCUT2D eigenvalue weighted by Crippen LogP contribution is 2.27. The lowest BCUT2D eigenvalue weighted by atomic mass is 9.96. The zero-order valence-electron chi connectivity index (χ0n) is 16.0. The predicted octanol–water partition coefficient (Wildman–Crippen LogP) is 2.40. The molecule has 1 aromatic carbocycles. The average Bonchev–Trinajstić information content (AvgIpc) is 2.68. The number of carbonyl (C=O) groups is 2. The van der Waals surface area contributed by atoms with Crippen LogP contribution in [0.25, 0.3) is 0 Å². The van der Waals surface area contributed by atoms with E-state index in [2.05, 4.69) is 5.32 Å². The third kappa shape index (κ3) is 5.38. The molecule has 0 radical (unpaired) electrons. The number of rotatable bonds is 8. The van der Waals surface area contributed by atoms with Gasteiger partial charge >= 0.3 is 0 Å². The van der Waals surface area contributed by atoms with E-state index in [1.54, 1.807) is 14.2 Å². The van der Waals surface area contributed by atoms with E-state index in [4.69, 9.17) is 9.47 Å². The standard InChI is InChI=1S/C20H30N2O4/c1-4-6-19(23)22-12-5-7-16(14-22)20(24)21-11-10-15-8-9-17(25-2)18(13-15)26-3/h8-9,13,16H,4-7,10-12,14H2,1-3H3,(H,21,24). The fourth-order valence-corrected chi connectivity index (χ4v) is 3.30. The van der Waals surface area contributed by atoms with Gasteiger partial charge in [0, 0.05) is 26.1 Å². The molecule has 1 atom stereocenters. The summed E-state index contributed by atoms with van der Waals surface area (Å²) in [7, 11) is 3.22. The molecule has 1 aliphatic rings. The lowest BCUT2D eigenvalue weighted by molar-refractivity contribution is -0.135. The monoisotopic (exact) mass is 362 g/mol. The molecule has 144 valence electrons. The summed E-state index contributed by atoms with van der Waals surface area (Å²) in [6, 6.07) is 5.77. The van der Waals surface area contributed by atoms with Gasteiger partial charge < -0.3 is 19.7 Å². The van der Waals surface area contributed by atoms with Crippen molar-refractivity contribution in [3.8, 4) is 11.5 Å². The molecule has 2 rings (SSSR count). The van der Waals surface area contributed by atoms with Gasteiger partial charge in [0.1, 0.15) is 0 Å². The van der Waals surface area contributed by atoms with E-state index in [0.29, 0.717) is 31.0 Å². The Balaban J connectivity index is 1.82. The normalized spacial score (nSPS) is 16.9. The Hall–Kier alpha value is -2.24. The average molecular weight is 362 g/mol. The van der Waals surface area contributed by atoms with Crippen LogP contribution in [0, 0.1) is 5.92 Å². The van der Waals surface area contributed by atoms with Gasteiger partial charge in [-0.2, -0.15) is 0 Å². The molecule has 1 unspecified atom stereocenters. The largest absolute Gasteiger partial charge is 0.493 e. The van der Waals surface area contributed by atoms with Crippen LogP contribution in [0.4, 0.5) is 0 Å². The fourth-order valence-electron chi connectivity index (χ4n) is 3.30. The smallest absolute Gasteiger partial charge is 0.224 e. The van der Waals surface area contributed by atoms with Crippen LogP contribution in [0.3, 0.4) is 0 Å². The van der Waals surface area contributed by atoms with Crippen molar-refractivity contribution >= 4 is 11.8 Å². The number of benzene rings is 1. The van der Waals surface area contributed by atoms with Crippen LogP contribution >= 0.6 is 0 Å². The van der Waals surface area contributed by atoms with E-state index in [1.165, 1.54) is 0 Å². The molecule has 1 aliphatic heterocycles. The molecular formula is C20H30N2O4. The lowest BCUT2D eigenvalue weighted by Crippen LogP contribution is -2.45. The number of ether oxygens (including phenoxy) is 2. The summed E-state index contributed by atoms with van der Waals surface area (Å²) in [4.78, 5) is 26.3. The van der Waals surface area contributed by atoms with E-state index in [-0.39, 0.29) is 17.7 Å². The zero-order chi connectivity index (χ0) is 18.9. The van der Waals surface area contributed by atoms with Gasteiger partial charge in [-0.1, -0.05) is 13.0 Å². The topological polar surface area (TPSA) is 67.9 Å². The molecular weight excluding hydrogens is 332 g/mol. The highest BCUT2D eigenvalue weighted by molar-refractivity contribution is 5.81. The first-order valence-electron chi connectivity index (χ1n) is 9.35. The van der Waals surface area contributed by atoms with E-state index < -0.39 is 0 Å². The maximum absolute atomic E-state index is 12.4. The summed E-state index contributed by atoms with van der Waals surface area (Å²) >= 11 is 0. The minimum Gasteiger partial charge on any atom is -0.493 e. The number of piperidine rings is 1. The molecule has 0 bridgehead atoms. The Morgan fingerprint density at radius 1 is 1.23 bits per heavy atom. The van der Waals surface area contributed by atoms with Gasteiger partial charge in [-0.25, -0.2) is 0 Å². The minimum atomic E-state index is -0.102. The second-order valence-corrected chi connectivity index (χ2v) is 6.66. The number of carbonyl (C=O) groups excluding carboxylic acids is 2. The summed E-state index contributed by atoms with van der Waals surface area (Å²) in [5.41, 5.74) is 1.08. The first-order valence-corrected chi connectivity index (χ1v) is 9.35. The van der Waals surface area contributed by atoms with Crippen LogP contribution in [0.5, 0.6) is 11.5 Å². The van der Waals surface area contributed by atoms with Crippen LogP contribution in [0.1, 0.15) is 38.2 Å². The van der Waals surface area contributed by atoms with Crippen molar-refractivity contribution in [1.82, 2.24) is 10.2 Å². The molecule has 0 spiro atoms. The second-order valence-electron chi connectivity index (χ2n) is 6.66. The van der Waals surface area contributed by atoms with Crippen molar-refractivity contribution in [2.75, 3.05) is 33.9 Å². The molecule has 6 nitrogen and oxygen atoms in total. The number of hydrogen-bond donors (Lipinski definition) is 1. The number of amides is 2. The minimum absolute atomic E-state index is 0.0412.